The Bertz CT molecular complexity index is 5820. The Labute approximate surface area is 534 Å². The summed E-state index contributed by atoms with van der Waals surface area (Å²) in [5.41, 5.74) is 21.5. The molecule has 13 aromatic carbocycles. The molecule has 0 radical (unpaired) electrons. The van der Waals surface area contributed by atoms with E-state index in [1.165, 1.54) is 86.1 Å². The van der Waals surface area contributed by atoms with Gasteiger partial charge in [-0.05, 0) is 156 Å². The minimum Gasteiger partial charge on any atom is -0.454 e. The first-order valence-electron chi connectivity index (χ1n) is 31.4. The first-order valence-corrected chi connectivity index (χ1v) is 37.1. The molecule has 0 aliphatic heterocycles. The summed E-state index contributed by atoms with van der Waals surface area (Å²) in [6, 6.07) is 99.1. The van der Waals surface area contributed by atoms with E-state index in [2.05, 4.69) is 323 Å². The van der Waals surface area contributed by atoms with E-state index in [-0.39, 0.29) is 0 Å². The van der Waals surface area contributed by atoms with Gasteiger partial charge < -0.3 is 27.4 Å². The molecule has 442 valence electrons. The van der Waals surface area contributed by atoms with Crippen molar-refractivity contribution in [3.05, 3.63) is 267 Å². The number of hydrogen-bond donors (Lipinski definition) is 0. The van der Waals surface area contributed by atoms with E-state index < -0.39 is 20.1 Å². The van der Waals surface area contributed by atoms with Crippen molar-refractivity contribution in [3.8, 4) is 22.3 Å². The highest BCUT2D eigenvalue weighted by Gasteiger charge is 2.32. The second kappa shape index (κ2) is 19.4. The van der Waals surface area contributed by atoms with E-state index in [0.717, 1.165) is 100 Å². The molecule has 0 fully saturated rings. The zero-order valence-electron chi connectivity index (χ0n) is 51.8. The average Bonchev–Trinajstić information content (AvgIpc) is 1.51. The highest BCUT2D eigenvalue weighted by molar-refractivity contribution is 8.32. The van der Waals surface area contributed by atoms with Gasteiger partial charge in [-0.1, -0.05) is 170 Å². The molecular weight excluding hydrogens is 1160 g/mol. The fourth-order valence-corrected chi connectivity index (χ4v) is 17.3. The molecular formula is C84H62N4O2S2. The number of fused-ring (bicyclic) bond motifs is 18. The van der Waals surface area contributed by atoms with E-state index in [1.807, 2.05) is 0 Å². The zero-order chi connectivity index (χ0) is 61.5. The summed E-state index contributed by atoms with van der Waals surface area (Å²) < 4.78 is 19.1. The standard InChI is InChI=1S/C84H62N4O2S2/c1-91(2,3)57-43-37-53(38-44-57)85(69-33-19-29-65-61-25-13-15-35-73(61)89-83(65)69)55-41-47-59-63-27-17-31-67-77-76(52-23-11-8-12-24-52)82-78(75(51-21-9-7-10-22-51)81(77)87(79(63)67)71(59)49-55)68-32-18-28-64-60-48-42-56(50-72(60)88(82)80(64)68)86(54-39-45-58(46-40-54)92(4,5)6)70-34-20-30-66-62-26-14-16-36-74(62)90-84(66)70/h7-50H,1-6H3. The van der Waals surface area contributed by atoms with Crippen LogP contribution in [0.2, 0.25) is 0 Å². The monoisotopic (exact) mass is 1220 g/mol. The molecule has 6 nitrogen and oxygen atoms in total. The number of hydrogen-bond acceptors (Lipinski definition) is 4. The molecule has 0 unspecified atom stereocenters. The van der Waals surface area contributed by atoms with Gasteiger partial charge in [0.15, 0.2) is 11.2 Å². The van der Waals surface area contributed by atoms with Crippen molar-refractivity contribution in [2.24, 2.45) is 0 Å². The van der Waals surface area contributed by atoms with Crippen LogP contribution in [0.4, 0.5) is 34.1 Å². The molecule has 0 saturated heterocycles. The van der Waals surface area contributed by atoms with Crippen LogP contribution in [0.25, 0.3) is 142 Å². The van der Waals surface area contributed by atoms with Crippen LogP contribution >= 0.6 is 20.1 Å². The highest BCUT2D eigenvalue weighted by atomic mass is 32.3. The number of aromatic nitrogens is 2. The van der Waals surface area contributed by atoms with Gasteiger partial charge in [-0.2, -0.15) is 0 Å². The molecule has 0 aliphatic rings. The van der Waals surface area contributed by atoms with Gasteiger partial charge >= 0.3 is 0 Å². The summed E-state index contributed by atoms with van der Waals surface area (Å²) in [7, 11) is -1.97. The fourth-order valence-electron chi connectivity index (χ4n) is 15.4. The minimum atomic E-state index is -0.983. The topological polar surface area (TPSA) is 41.6 Å². The van der Waals surface area contributed by atoms with Gasteiger partial charge in [0, 0.05) is 98.5 Å². The molecule has 0 atom stereocenters. The van der Waals surface area contributed by atoms with Gasteiger partial charge in [0.2, 0.25) is 0 Å². The Morgan fingerprint density at radius 1 is 0.283 bits per heavy atom. The van der Waals surface area contributed by atoms with E-state index >= 15 is 0 Å². The van der Waals surface area contributed by atoms with Crippen LogP contribution in [0.3, 0.4) is 0 Å². The number of rotatable bonds is 10. The Kier molecular flexibility index (Phi) is 11.2. The average molecular weight is 1220 g/mol. The summed E-state index contributed by atoms with van der Waals surface area (Å²) in [5, 5.41) is 14.1. The highest BCUT2D eigenvalue weighted by Crippen LogP contribution is 2.56. The largest absolute Gasteiger partial charge is 0.454 e. The Morgan fingerprint density at radius 2 is 0.630 bits per heavy atom. The Morgan fingerprint density at radius 3 is 1.04 bits per heavy atom. The second-order valence-electron chi connectivity index (χ2n) is 26.2. The van der Waals surface area contributed by atoms with Crippen LogP contribution in [0.5, 0.6) is 0 Å². The smallest absolute Gasteiger partial charge is 0.159 e. The number of para-hydroxylation sites is 6. The normalized spacial score (nSPS) is 13.0. The van der Waals surface area contributed by atoms with Gasteiger partial charge in [-0.15, -0.1) is 0 Å². The van der Waals surface area contributed by atoms with Crippen LogP contribution in [-0.4, -0.2) is 46.3 Å². The van der Waals surface area contributed by atoms with Crippen molar-refractivity contribution in [2.45, 2.75) is 9.79 Å². The van der Waals surface area contributed by atoms with E-state index in [9.17, 15) is 0 Å². The van der Waals surface area contributed by atoms with Gasteiger partial charge in [0.25, 0.3) is 0 Å². The maximum absolute atomic E-state index is 6.90. The van der Waals surface area contributed by atoms with Gasteiger partial charge in [0.1, 0.15) is 11.2 Å². The Balaban J connectivity index is 0.938. The predicted molar refractivity (Wildman–Crippen MR) is 398 cm³/mol. The molecule has 92 heavy (non-hydrogen) atoms. The number of anilines is 6. The van der Waals surface area contributed by atoms with E-state index in [4.69, 9.17) is 8.83 Å². The van der Waals surface area contributed by atoms with Crippen LogP contribution in [0.15, 0.2) is 286 Å². The molecule has 0 spiro atoms. The third-order valence-electron chi connectivity index (χ3n) is 19.5. The predicted octanol–water partition coefficient (Wildman–Crippen LogP) is 24.2. The molecule has 0 N–H and O–H groups in total. The summed E-state index contributed by atoms with van der Waals surface area (Å²) in [6.07, 6.45) is 14.2. The number of nitrogens with zero attached hydrogens (tertiary/aromatic N) is 4. The molecule has 19 aromatic rings. The van der Waals surface area contributed by atoms with Crippen LogP contribution in [0.1, 0.15) is 0 Å². The molecule has 8 heteroatoms. The summed E-state index contributed by atoms with van der Waals surface area (Å²) >= 11 is 0. The van der Waals surface area contributed by atoms with Gasteiger partial charge in [0.05, 0.1) is 44.5 Å². The van der Waals surface area contributed by atoms with E-state index in [1.54, 1.807) is 0 Å². The molecule has 0 amide bonds. The van der Waals surface area contributed by atoms with Crippen LogP contribution in [-0.2, 0) is 0 Å². The van der Waals surface area contributed by atoms with Crippen molar-refractivity contribution in [3.63, 3.8) is 0 Å². The third-order valence-corrected chi connectivity index (χ3v) is 22.8. The second-order valence-corrected chi connectivity index (χ2v) is 34.5. The summed E-state index contributed by atoms with van der Waals surface area (Å²) in [5.74, 6) is 0. The maximum Gasteiger partial charge on any atom is 0.159 e. The quantitative estimate of drug-likeness (QED) is 0.137. The number of furan rings is 2. The lowest BCUT2D eigenvalue weighted by Crippen LogP contribution is -2.10. The Hall–Kier alpha value is -10.6. The third kappa shape index (κ3) is 7.59. The van der Waals surface area contributed by atoms with Crippen LogP contribution in [0, 0.1) is 0 Å². The minimum absolute atomic E-state index is 0.857. The molecule has 0 bridgehead atoms. The maximum atomic E-state index is 6.90. The first-order chi connectivity index (χ1) is 44.9. The summed E-state index contributed by atoms with van der Waals surface area (Å²) in [6.45, 7) is 0. The lowest BCUT2D eigenvalue weighted by molar-refractivity contribution is 0.668. The SMILES string of the molecule is CS(C)(C)c1ccc(N(c2ccc3c4cccc5c6c(-c7ccccc7)c7c(c(-c8ccccc8)c6n(c3c2)c45)c2cccc3c4ccc(N(c5ccc(S(C)(C)C)cc5)c5cccc6c5oc5ccccc56)cc4n7c32)c2cccc3c2oc2ccccc23)cc1. The van der Waals surface area contributed by atoms with Crippen molar-refractivity contribution < 1.29 is 8.83 Å². The first kappa shape index (κ1) is 53.2. The lowest BCUT2D eigenvalue weighted by Gasteiger charge is -2.29. The summed E-state index contributed by atoms with van der Waals surface area (Å²) in [4.78, 5) is 7.55. The van der Waals surface area contributed by atoms with Gasteiger partial charge in [-0.25, -0.2) is 20.1 Å². The fraction of sp³-hybridized carbons (Fsp3) is 0.0714. The van der Waals surface area contributed by atoms with Crippen molar-refractivity contribution in [1.82, 2.24) is 8.80 Å². The van der Waals surface area contributed by atoms with Gasteiger partial charge in [-0.3, -0.25) is 0 Å². The van der Waals surface area contributed by atoms with E-state index in [0.29, 0.717) is 0 Å². The van der Waals surface area contributed by atoms with Crippen molar-refractivity contribution in [1.29, 1.82) is 0 Å². The molecule has 6 heterocycles. The number of benzene rings is 13. The molecule has 0 aliphatic carbocycles. The van der Waals surface area contributed by atoms with Crippen LogP contribution < -0.4 is 9.80 Å². The lowest BCUT2D eigenvalue weighted by atomic mass is 9.89. The molecule has 19 rings (SSSR count). The van der Waals surface area contributed by atoms with Crippen molar-refractivity contribution >= 4 is 174 Å². The zero-order valence-corrected chi connectivity index (χ0v) is 53.5. The molecule has 0 saturated carbocycles. The van der Waals surface area contributed by atoms with Crippen molar-refractivity contribution in [2.75, 3.05) is 47.3 Å². The molecule has 6 aromatic heterocycles.